The molecule has 5 N–H and O–H groups in total. The molecule has 2 rings (SSSR count). The molecule has 0 atom stereocenters. The molecule has 0 saturated carbocycles. The predicted molar refractivity (Wildman–Crippen MR) is 103 cm³/mol. The Labute approximate surface area is 153 Å². The van der Waals surface area contributed by atoms with Gasteiger partial charge in [-0.25, -0.2) is 5.48 Å². The molecule has 0 radical (unpaired) electrons. The van der Waals surface area contributed by atoms with Gasteiger partial charge in [0.25, 0.3) is 5.91 Å². The molecule has 0 aliphatic carbocycles. The van der Waals surface area contributed by atoms with E-state index < -0.39 is 0 Å². The maximum absolute atomic E-state index is 12.0. The van der Waals surface area contributed by atoms with Crippen molar-refractivity contribution in [1.29, 1.82) is 0 Å². The Balaban J connectivity index is 0.00000105. The zero-order valence-corrected chi connectivity index (χ0v) is 15.0. The van der Waals surface area contributed by atoms with Gasteiger partial charge in [0.15, 0.2) is 6.29 Å². The number of rotatable bonds is 6. The molecule has 0 fully saturated rings. The molecule has 0 aromatic heterocycles. The van der Waals surface area contributed by atoms with Gasteiger partial charge in [-0.05, 0) is 48.7 Å². The van der Waals surface area contributed by atoms with E-state index in [0.717, 1.165) is 17.5 Å². The molecule has 0 aliphatic rings. The highest BCUT2D eigenvalue weighted by molar-refractivity contribution is 5.98. The van der Waals surface area contributed by atoms with Crippen molar-refractivity contribution < 1.29 is 14.8 Å². The summed E-state index contributed by atoms with van der Waals surface area (Å²) in [5.41, 5.74) is 11.4. The van der Waals surface area contributed by atoms with Gasteiger partial charge in [0, 0.05) is 12.6 Å². The molecule has 26 heavy (non-hydrogen) atoms. The van der Waals surface area contributed by atoms with Gasteiger partial charge in [-0.3, -0.25) is 9.59 Å². The van der Waals surface area contributed by atoms with Crippen LogP contribution in [0, 0.1) is 0 Å². The summed E-state index contributed by atoms with van der Waals surface area (Å²) in [5.74, 6) is -0.296. The molecular weight excluding hydrogens is 330 g/mol. The van der Waals surface area contributed by atoms with Gasteiger partial charge in [-0.1, -0.05) is 42.5 Å². The average Bonchev–Trinajstić information content (AvgIpc) is 2.67. The molecule has 0 heterocycles. The minimum Gasteiger partial charge on any atom is -0.330 e. The third-order valence-corrected chi connectivity index (χ3v) is 3.56. The first-order valence-electron chi connectivity index (χ1n) is 8.22. The standard InChI is InChI=1S/C19H20N2O2.CH5NO/c1-2-18(13-22)21-19(23)17-9-7-16(8-10-17)15-5-3-14(4-6-15)11-12-20;1-2-3/h2-10,13H,11-12,20H2,1H3,(H,21,23);2-3H,1H3/b18-2+;. The van der Waals surface area contributed by atoms with Crippen LogP contribution in [-0.4, -0.2) is 31.0 Å². The summed E-state index contributed by atoms with van der Waals surface area (Å²) in [4.78, 5) is 22.7. The number of hydrogen-bond donors (Lipinski definition) is 4. The highest BCUT2D eigenvalue weighted by atomic mass is 16.5. The average molecular weight is 355 g/mol. The lowest BCUT2D eigenvalue weighted by Crippen LogP contribution is -2.23. The van der Waals surface area contributed by atoms with E-state index in [4.69, 9.17) is 10.9 Å². The monoisotopic (exact) mass is 355 g/mol. The Kier molecular flexibility index (Phi) is 9.56. The molecule has 0 bridgehead atoms. The number of carbonyl (C=O) groups excluding carboxylic acids is 2. The van der Waals surface area contributed by atoms with Crippen LogP contribution in [0.2, 0.25) is 0 Å². The van der Waals surface area contributed by atoms with E-state index in [0.29, 0.717) is 18.4 Å². The van der Waals surface area contributed by atoms with Crippen molar-refractivity contribution in [3.05, 3.63) is 71.4 Å². The van der Waals surface area contributed by atoms with E-state index in [1.54, 1.807) is 30.6 Å². The molecule has 2 aromatic carbocycles. The summed E-state index contributed by atoms with van der Waals surface area (Å²) >= 11 is 0. The normalized spacial score (nSPS) is 10.5. The second-order valence-corrected chi connectivity index (χ2v) is 5.35. The summed E-state index contributed by atoms with van der Waals surface area (Å²) in [5, 5.41) is 9.88. The lowest BCUT2D eigenvalue weighted by atomic mass is 10.0. The summed E-state index contributed by atoms with van der Waals surface area (Å²) < 4.78 is 0. The molecule has 6 nitrogen and oxygen atoms in total. The minimum atomic E-state index is -0.296. The van der Waals surface area contributed by atoms with Crippen molar-refractivity contribution in [2.24, 2.45) is 5.73 Å². The van der Waals surface area contributed by atoms with Gasteiger partial charge in [0.05, 0.1) is 5.70 Å². The van der Waals surface area contributed by atoms with E-state index >= 15 is 0 Å². The highest BCUT2D eigenvalue weighted by Crippen LogP contribution is 2.20. The number of hydroxylamine groups is 1. The Morgan fingerprint density at radius 2 is 1.58 bits per heavy atom. The molecule has 0 saturated heterocycles. The van der Waals surface area contributed by atoms with Gasteiger partial charge in [0.1, 0.15) is 0 Å². The molecular formula is C20H25N3O3. The molecule has 0 unspecified atom stereocenters. The van der Waals surface area contributed by atoms with Crippen LogP contribution in [0.5, 0.6) is 0 Å². The second-order valence-electron chi connectivity index (χ2n) is 5.35. The third-order valence-electron chi connectivity index (χ3n) is 3.56. The molecule has 6 heteroatoms. The van der Waals surface area contributed by atoms with E-state index in [9.17, 15) is 9.59 Å². The first kappa shape index (κ1) is 21.2. The van der Waals surface area contributed by atoms with E-state index in [1.165, 1.54) is 12.6 Å². The number of nitrogens with two attached hydrogens (primary N) is 1. The quantitative estimate of drug-likeness (QED) is 0.361. The fraction of sp³-hybridized carbons (Fsp3) is 0.200. The number of nitrogens with one attached hydrogen (secondary N) is 2. The van der Waals surface area contributed by atoms with Gasteiger partial charge in [0.2, 0.25) is 0 Å². The van der Waals surface area contributed by atoms with Crippen LogP contribution in [0.1, 0.15) is 22.8 Å². The molecule has 0 aliphatic heterocycles. The first-order chi connectivity index (χ1) is 12.6. The second kappa shape index (κ2) is 11.7. The SMILES string of the molecule is C/C=C(\C=O)NC(=O)c1ccc(-c2ccc(CCN)cc2)cc1.CNO. The van der Waals surface area contributed by atoms with Crippen LogP contribution in [0.3, 0.4) is 0 Å². The zero-order chi connectivity index (χ0) is 19.4. The van der Waals surface area contributed by atoms with Crippen molar-refractivity contribution in [2.45, 2.75) is 13.3 Å². The Hall–Kier alpha value is -2.80. The van der Waals surface area contributed by atoms with E-state index in [1.807, 2.05) is 24.3 Å². The molecule has 2 aromatic rings. The number of hydrogen-bond acceptors (Lipinski definition) is 5. The van der Waals surface area contributed by atoms with E-state index in [2.05, 4.69) is 17.4 Å². The first-order valence-corrected chi connectivity index (χ1v) is 8.22. The third kappa shape index (κ3) is 6.60. The number of benzene rings is 2. The lowest BCUT2D eigenvalue weighted by molar-refractivity contribution is -0.105. The maximum atomic E-state index is 12.0. The van der Waals surface area contributed by atoms with Crippen molar-refractivity contribution in [3.63, 3.8) is 0 Å². The van der Waals surface area contributed by atoms with Crippen LogP contribution in [0.4, 0.5) is 0 Å². The number of amides is 1. The highest BCUT2D eigenvalue weighted by Gasteiger charge is 2.07. The lowest BCUT2D eigenvalue weighted by Gasteiger charge is -2.07. The van der Waals surface area contributed by atoms with Crippen LogP contribution in [-0.2, 0) is 11.2 Å². The van der Waals surface area contributed by atoms with Gasteiger partial charge in [-0.15, -0.1) is 0 Å². The zero-order valence-electron chi connectivity index (χ0n) is 15.0. The van der Waals surface area contributed by atoms with Gasteiger partial charge < -0.3 is 16.3 Å². The van der Waals surface area contributed by atoms with Crippen molar-refractivity contribution >= 4 is 12.2 Å². The Morgan fingerprint density at radius 3 is 2.00 bits per heavy atom. The van der Waals surface area contributed by atoms with Crippen molar-refractivity contribution in [2.75, 3.05) is 13.6 Å². The maximum Gasteiger partial charge on any atom is 0.255 e. The molecule has 1 amide bonds. The van der Waals surface area contributed by atoms with Gasteiger partial charge in [-0.2, -0.15) is 0 Å². The minimum absolute atomic E-state index is 0.259. The van der Waals surface area contributed by atoms with Crippen molar-refractivity contribution in [3.8, 4) is 11.1 Å². The smallest absolute Gasteiger partial charge is 0.255 e. The van der Waals surface area contributed by atoms with Crippen LogP contribution < -0.4 is 16.5 Å². The predicted octanol–water partition coefficient (Wildman–Crippen LogP) is 2.28. The summed E-state index contributed by atoms with van der Waals surface area (Å²) in [7, 11) is 1.43. The Bertz CT molecular complexity index is 723. The topological polar surface area (TPSA) is 104 Å². The fourth-order valence-electron chi connectivity index (χ4n) is 2.22. The number of carbonyl (C=O) groups is 2. The summed E-state index contributed by atoms with van der Waals surface area (Å²) in [6.07, 6.45) is 3.04. The largest absolute Gasteiger partial charge is 0.330 e. The Morgan fingerprint density at radius 1 is 1.08 bits per heavy atom. The van der Waals surface area contributed by atoms with Crippen molar-refractivity contribution in [1.82, 2.24) is 10.8 Å². The van der Waals surface area contributed by atoms with Crippen LogP contribution in [0.25, 0.3) is 11.1 Å². The van der Waals surface area contributed by atoms with Gasteiger partial charge >= 0.3 is 0 Å². The summed E-state index contributed by atoms with van der Waals surface area (Å²) in [6.45, 7) is 2.33. The van der Waals surface area contributed by atoms with E-state index in [-0.39, 0.29) is 11.6 Å². The number of allylic oxidation sites excluding steroid dienone is 2. The molecule has 0 spiro atoms. The molecule has 138 valence electrons. The number of aldehydes is 1. The fourth-order valence-corrected chi connectivity index (χ4v) is 2.22. The summed E-state index contributed by atoms with van der Waals surface area (Å²) in [6, 6.07) is 15.5. The van der Waals surface area contributed by atoms with Crippen LogP contribution in [0.15, 0.2) is 60.3 Å². The van der Waals surface area contributed by atoms with Crippen LogP contribution >= 0.6 is 0 Å².